The Morgan fingerprint density at radius 2 is 1.68 bits per heavy atom. The third-order valence-corrected chi connectivity index (χ3v) is 3.29. The Hall–Kier alpha value is -1.55. The average Bonchev–Trinajstić information content (AvgIpc) is 2.39. The lowest BCUT2D eigenvalue weighted by molar-refractivity contribution is -0.139. The summed E-state index contributed by atoms with van der Waals surface area (Å²) in [6, 6.07) is 5.51. The molecule has 0 fully saturated rings. The molecule has 0 radical (unpaired) electrons. The van der Waals surface area contributed by atoms with Crippen molar-refractivity contribution in [3.63, 3.8) is 0 Å². The van der Waals surface area contributed by atoms with Crippen LogP contribution in [0.4, 0.5) is 13.2 Å². The number of alkyl halides is 3. The summed E-state index contributed by atoms with van der Waals surface area (Å²) in [6.07, 6.45) is 2.66. The molecule has 1 nitrogen and oxygen atoms in total. The van der Waals surface area contributed by atoms with Gasteiger partial charge >= 0.3 is 6.18 Å². The fourth-order valence-corrected chi connectivity index (χ4v) is 2.21. The SMILES string of the molecule is COC1(c2ccccc2C(F)(F)F)C=CC(C)C=C1. The second kappa shape index (κ2) is 4.85. The van der Waals surface area contributed by atoms with Gasteiger partial charge in [-0.1, -0.05) is 37.3 Å². The zero-order chi connectivity index (χ0) is 14.1. The molecule has 19 heavy (non-hydrogen) atoms. The summed E-state index contributed by atoms with van der Waals surface area (Å²) < 4.78 is 44.6. The maximum Gasteiger partial charge on any atom is 0.416 e. The molecule has 0 saturated heterocycles. The van der Waals surface area contributed by atoms with Gasteiger partial charge in [-0.05, 0) is 24.1 Å². The van der Waals surface area contributed by atoms with E-state index in [2.05, 4.69) is 0 Å². The summed E-state index contributed by atoms with van der Waals surface area (Å²) >= 11 is 0. The van der Waals surface area contributed by atoms with Crippen LogP contribution in [0.5, 0.6) is 0 Å². The Morgan fingerprint density at radius 3 is 2.21 bits per heavy atom. The zero-order valence-electron chi connectivity index (χ0n) is 10.7. The minimum atomic E-state index is -4.40. The summed E-state index contributed by atoms with van der Waals surface area (Å²) in [5.74, 6) is 0.196. The van der Waals surface area contributed by atoms with E-state index in [1.807, 2.05) is 19.1 Å². The van der Waals surface area contributed by atoms with Crippen LogP contribution in [-0.2, 0) is 16.5 Å². The number of rotatable bonds is 2. The van der Waals surface area contributed by atoms with Crippen LogP contribution in [0.25, 0.3) is 0 Å². The molecule has 2 rings (SSSR count). The minimum absolute atomic E-state index is 0.115. The third kappa shape index (κ3) is 2.59. The van der Waals surface area contributed by atoms with E-state index in [4.69, 9.17) is 4.74 Å². The van der Waals surface area contributed by atoms with Gasteiger partial charge in [0.2, 0.25) is 0 Å². The van der Waals surface area contributed by atoms with Crippen molar-refractivity contribution in [2.24, 2.45) is 5.92 Å². The van der Waals surface area contributed by atoms with Crippen LogP contribution in [0.2, 0.25) is 0 Å². The maximum absolute atomic E-state index is 13.1. The van der Waals surface area contributed by atoms with E-state index >= 15 is 0 Å². The Bertz CT molecular complexity index is 500. The van der Waals surface area contributed by atoms with Gasteiger partial charge < -0.3 is 4.74 Å². The van der Waals surface area contributed by atoms with E-state index in [0.29, 0.717) is 0 Å². The maximum atomic E-state index is 13.1. The standard InChI is InChI=1S/C15H15F3O/c1-11-7-9-14(19-2,10-8-11)12-5-3-4-6-13(12)15(16,17)18/h3-11H,1-2H3. The molecule has 1 aliphatic carbocycles. The van der Waals surface area contributed by atoms with E-state index in [1.54, 1.807) is 18.2 Å². The van der Waals surface area contributed by atoms with Gasteiger partial charge in [0, 0.05) is 12.7 Å². The molecule has 1 aromatic carbocycles. The third-order valence-electron chi connectivity index (χ3n) is 3.29. The summed E-state index contributed by atoms with van der Waals surface area (Å²) in [6.45, 7) is 1.96. The lowest BCUT2D eigenvalue weighted by Crippen LogP contribution is -2.29. The topological polar surface area (TPSA) is 9.23 Å². The van der Waals surface area contributed by atoms with E-state index in [-0.39, 0.29) is 11.5 Å². The van der Waals surface area contributed by atoms with Gasteiger partial charge in [-0.15, -0.1) is 0 Å². The first-order valence-corrected chi connectivity index (χ1v) is 5.99. The minimum Gasteiger partial charge on any atom is -0.365 e. The highest BCUT2D eigenvalue weighted by Crippen LogP contribution is 2.41. The van der Waals surface area contributed by atoms with E-state index in [1.165, 1.54) is 19.2 Å². The van der Waals surface area contributed by atoms with E-state index < -0.39 is 17.3 Å². The Balaban J connectivity index is 2.58. The molecule has 0 spiro atoms. The number of methoxy groups -OCH3 is 1. The molecule has 0 atom stereocenters. The molecule has 102 valence electrons. The molecular weight excluding hydrogens is 253 g/mol. The number of allylic oxidation sites excluding steroid dienone is 2. The molecule has 0 heterocycles. The first kappa shape index (κ1) is 13.9. The lowest BCUT2D eigenvalue weighted by Gasteiger charge is -2.31. The van der Waals surface area contributed by atoms with Crippen molar-refractivity contribution in [1.29, 1.82) is 0 Å². The van der Waals surface area contributed by atoms with Crippen LogP contribution in [0.1, 0.15) is 18.1 Å². The van der Waals surface area contributed by atoms with Crippen molar-refractivity contribution in [1.82, 2.24) is 0 Å². The molecule has 0 unspecified atom stereocenters. The number of halogens is 3. The van der Waals surface area contributed by atoms with Crippen LogP contribution in [-0.4, -0.2) is 7.11 Å². The van der Waals surface area contributed by atoms with Gasteiger partial charge in [-0.3, -0.25) is 0 Å². The van der Waals surface area contributed by atoms with Gasteiger partial charge in [-0.25, -0.2) is 0 Å². The van der Waals surface area contributed by atoms with Gasteiger partial charge in [0.1, 0.15) is 5.60 Å². The van der Waals surface area contributed by atoms with Crippen LogP contribution in [0.3, 0.4) is 0 Å². The summed E-state index contributed by atoms with van der Waals surface area (Å²) in [4.78, 5) is 0. The van der Waals surface area contributed by atoms with Gasteiger partial charge in [0.15, 0.2) is 0 Å². The molecule has 4 heteroatoms. The number of ether oxygens (including phenoxy) is 1. The summed E-state index contributed by atoms with van der Waals surface area (Å²) in [5, 5.41) is 0. The first-order valence-electron chi connectivity index (χ1n) is 5.99. The molecule has 1 aliphatic rings. The summed E-state index contributed by atoms with van der Waals surface area (Å²) in [5.41, 5.74) is -1.69. The molecule has 0 amide bonds. The Kier molecular flexibility index (Phi) is 3.54. The molecular formula is C15H15F3O. The van der Waals surface area contributed by atoms with Gasteiger partial charge in [0.25, 0.3) is 0 Å². The van der Waals surface area contributed by atoms with Crippen molar-refractivity contribution in [3.8, 4) is 0 Å². The highest BCUT2D eigenvalue weighted by molar-refractivity contribution is 5.43. The van der Waals surface area contributed by atoms with Crippen molar-refractivity contribution in [3.05, 3.63) is 59.7 Å². The van der Waals surface area contributed by atoms with Gasteiger partial charge in [0.05, 0.1) is 5.56 Å². The first-order chi connectivity index (χ1) is 8.89. The predicted molar refractivity (Wildman–Crippen MR) is 67.6 cm³/mol. The van der Waals surface area contributed by atoms with Crippen molar-refractivity contribution < 1.29 is 17.9 Å². The van der Waals surface area contributed by atoms with Crippen LogP contribution in [0.15, 0.2) is 48.6 Å². The van der Waals surface area contributed by atoms with Crippen molar-refractivity contribution in [2.75, 3.05) is 7.11 Å². The van der Waals surface area contributed by atoms with Crippen molar-refractivity contribution >= 4 is 0 Å². The molecule has 0 aromatic heterocycles. The van der Waals surface area contributed by atoms with Crippen molar-refractivity contribution in [2.45, 2.75) is 18.7 Å². The number of hydrogen-bond donors (Lipinski definition) is 0. The van der Waals surface area contributed by atoms with Crippen LogP contribution in [0, 0.1) is 5.92 Å². The largest absolute Gasteiger partial charge is 0.416 e. The van der Waals surface area contributed by atoms with Crippen LogP contribution < -0.4 is 0 Å². The Morgan fingerprint density at radius 1 is 1.11 bits per heavy atom. The molecule has 0 saturated carbocycles. The summed E-state index contributed by atoms with van der Waals surface area (Å²) in [7, 11) is 1.41. The lowest BCUT2D eigenvalue weighted by atomic mass is 9.84. The average molecular weight is 268 g/mol. The van der Waals surface area contributed by atoms with E-state index in [0.717, 1.165) is 6.07 Å². The smallest absolute Gasteiger partial charge is 0.365 e. The quantitative estimate of drug-likeness (QED) is 0.726. The van der Waals surface area contributed by atoms with Gasteiger partial charge in [-0.2, -0.15) is 13.2 Å². The number of benzene rings is 1. The fourth-order valence-electron chi connectivity index (χ4n) is 2.21. The highest BCUT2D eigenvalue weighted by atomic mass is 19.4. The second-order valence-corrected chi connectivity index (χ2v) is 4.62. The Labute approximate surface area is 110 Å². The predicted octanol–water partition coefficient (Wildman–Crippen LogP) is 4.31. The zero-order valence-corrected chi connectivity index (χ0v) is 10.7. The molecule has 0 aliphatic heterocycles. The monoisotopic (exact) mass is 268 g/mol. The fraction of sp³-hybridized carbons (Fsp3) is 0.333. The van der Waals surface area contributed by atoms with Crippen LogP contribution >= 0.6 is 0 Å². The second-order valence-electron chi connectivity index (χ2n) is 4.62. The molecule has 1 aromatic rings. The molecule has 0 bridgehead atoms. The number of hydrogen-bond acceptors (Lipinski definition) is 1. The molecule has 0 N–H and O–H groups in total. The van der Waals surface area contributed by atoms with E-state index in [9.17, 15) is 13.2 Å². The normalized spacial score (nSPS) is 26.7. The highest BCUT2D eigenvalue weighted by Gasteiger charge is 2.40.